The van der Waals surface area contributed by atoms with Crippen molar-refractivity contribution in [3.8, 4) is 0 Å². The van der Waals surface area contributed by atoms with Gasteiger partial charge in [-0.3, -0.25) is 14.6 Å². The third-order valence-corrected chi connectivity index (χ3v) is 4.67. The zero-order valence-corrected chi connectivity index (χ0v) is 14.1. The molecule has 1 aromatic rings. The number of aromatic nitrogens is 1. The first-order chi connectivity index (χ1) is 11.3. The van der Waals surface area contributed by atoms with Gasteiger partial charge in [-0.15, -0.1) is 0 Å². The van der Waals surface area contributed by atoms with Gasteiger partial charge in [0.1, 0.15) is 11.1 Å². The fraction of sp³-hybridized carbons (Fsp3) is 0.588. The van der Waals surface area contributed by atoms with Crippen molar-refractivity contribution in [2.75, 3.05) is 18.8 Å². The van der Waals surface area contributed by atoms with Crippen LogP contribution in [0.15, 0.2) is 18.3 Å². The van der Waals surface area contributed by atoms with Crippen LogP contribution in [-0.4, -0.2) is 51.2 Å². The van der Waals surface area contributed by atoms with Gasteiger partial charge in [-0.2, -0.15) is 0 Å². The van der Waals surface area contributed by atoms with E-state index in [1.165, 1.54) is 17.2 Å². The molecular weight excluding hydrogens is 310 g/mol. The average molecular weight is 335 g/mol. The van der Waals surface area contributed by atoms with Crippen LogP contribution in [0.25, 0.3) is 0 Å². The van der Waals surface area contributed by atoms with E-state index in [1.807, 2.05) is 13.8 Å². The first kappa shape index (κ1) is 18.2. The SMILES string of the molecule is CC(C)CC[C@@]1(C(=O)O)CN(C(=O)c2cc(N)ccn2)CC[C@H]1O. The molecule has 0 spiro atoms. The molecule has 1 amide bonds. The maximum Gasteiger partial charge on any atom is 0.314 e. The molecule has 1 fully saturated rings. The molecule has 0 bridgehead atoms. The fourth-order valence-corrected chi connectivity index (χ4v) is 3.09. The van der Waals surface area contributed by atoms with Gasteiger partial charge in [0.05, 0.1) is 6.10 Å². The van der Waals surface area contributed by atoms with Gasteiger partial charge >= 0.3 is 5.97 Å². The zero-order valence-electron chi connectivity index (χ0n) is 14.1. The second kappa shape index (κ2) is 7.17. The number of anilines is 1. The largest absolute Gasteiger partial charge is 0.481 e. The minimum atomic E-state index is -1.33. The van der Waals surface area contributed by atoms with Crippen LogP contribution >= 0.6 is 0 Å². The van der Waals surface area contributed by atoms with Crippen LogP contribution in [0.3, 0.4) is 0 Å². The van der Waals surface area contributed by atoms with Crippen molar-refractivity contribution in [1.82, 2.24) is 9.88 Å². The van der Waals surface area contributed by atoms with Gasteiger partial charge in [-0.25, -0.2) is 0 Å². The Morgan fingerprint density at radius 1 is 1.50 bits per heavy atom. The zero-order chi connectivity index (χ0) is 17.9. The van der Waals surface area contributed by atoms with Gasteiger partial charge in [-0.1, -0.05) is 13.8 Å². The maximum absolute atomic E-state index is 12.6. The van der Waals surface area contributed by atoms with Crippen LogP contribution in [0, 0.1) is 11.3 Å². The number of hydrogen-bond donors (Lipinski definition) is 3. The molecule has 2 rings (SSSR count). The Kier molecular flexibility index (Phi) is 5.43. The highest BCUT2D eigenvalue weighted by atomic mass is 16.4. The number of aliphatic hydroxyl groups excluding tert-OH is 1. The first-order valence-corrected chi connectivity index (χ1v) is 8.18. The summed E-state index contributed by atoms with van der Waals surface area (Å²) in [7, 11) is 0. The topological polar surface area (TPSA) is 117 Å². The van der Waals surface area contributed by atoms with Crippen LogP contribution in [0.5, 0.6) is 0 Å². The normalized spacial score (nSPS) is 24.2. The average Bonchev–Trinajstić information content (AvgIpc) is 2.53. The molecule has 7 nitrogen and oxygen atoms in total. The first-order valence-electron chi connectivity index (χ1n) is 8.18. The molecule has 0 unspecified atom stereocenters. The molecule has 0 saturated carbocycles. The van der Waals surface area contributed by atoms with Gasteiger partial charge in [0.2, 0.25) is 0 Å². The summed E-state index contributed by atoms with van der Waals surface area (Å²) in [5.41, 5.74) is 4.97. The number of carboxylic acids is 1. The molecule has 1 aliphatic heterocycles. The summed E-state index contributed by atoms with van der Waals surface area (Å²) >= 11 is 0. The Hall–Kier alpha value is -2.15. The molecule has 2 heterocycles. The van der Waals surface area contributed by atoms with Crippen LogP contribution in [0.4, 0.5) is 5.69 Å². The number of carboxylic acid groups (broad SMARTS) is 1. The summed E-state index contributed by atoms with van der Waals surface area (Å²) in [5.74, 6) is -1.10. The van der Waals surface area contributed by atoms with Crippen LogP contribution in [0.2, 0.25) is 0 Å². The summed E-state index contributed by atoms with van der Waals surface area (Å²) in [6.07, 6.45) is 1.71. The molecule has 1 aromatic heterocycles. The van der Waals surface area contributed by atoms with E-state index in [0.717, 1.165) is 0 Å². The minimum absolute atomic E-state index is 0.0223. The Morgan fingerprint density at radius 2 is 2.21 bits per heavy atom. The number of piperidine rings is 1. The van der Waals surface area contributed by atoms with Crippen molar-refractivity contribution < 1.29 is 19.8 Å². The predicted octanol–water partition coefficient (Wildman–Crippen LogP) is 1.38. The van der Waals surface area contributed by atoms with E-state index < -0.39 is 17.5 Å². The van der Waals surface area contributed by atoms with E-state index in [-0.39, 0.29) is 24.6 Å². The third-order valence-electron chi connectivity index (χ3n) is 4.67. The summed E-state index contributed by atoms with van der Waals surface area (Å²) < 4.78 is 0. The van der Waals surface area contributed by atoms with Crippen LogP contribution < -0.4 is 5.73 Å². The van der Waals surface area contributed by atoms with Crippen molar-refractivity contribution in [3.05, 3.63) is 24.0 Å². The number of carbonyl (C=O) groups is 2. The smallest absolute Gasteiger partial charge is 0.314 e. The van der Waals surface area contributed by atoms with Crippen LogP contribution in [-0.2, 0) is 4.79 Å². The van der Waals surface area contributed by atoms with E-state index in [9.17, 15) is 19.8 Å². The van der Waals surface area contributed by atoms with Crippen molar-refractivity contribution in [1.29, 1.82) is 0 Å². The molecule has 1 saturated heterocycles. The maximum atomic E-state index is 12.6. The fourth-order valence-electron chi connectivity index (χ4n) is 3.09. The number of aliphatic carboxylic acids is 1. The molecule has 0 aromatic carbocycles. The lowest BCUT2D eigenvalue weighted by molar-refractivity contribution is -0.163. The van der Waals surface area contributed by atoms with Gasteiger partial charge < -0.3 is 20.8 Å². The molecule has 0 radical (unpaired) electrons. The lowest BCUT2D eigenvalue weighted by Gasteiger charge is -2.43. The Balaban J connectivity index is 2.24. The third kappa shape index (κ3) is 3.67. The van der Waals surface area contributed by atoms with Crippen molar-refractivity contribution in [2.24, 2.45) is 11.3 Å². The predicted molar refractivity (Wildman–Crippen MR) is 89.3 cm³/mol. The number of hydrogen-bond acceptors (Lipinski definition) is 5. The summed E-state index contributed by atoms with van der Waals surface area (Å²) in [4.78, 5) is 30.0. The number of nitrogens with two attached hydrogens (primary N) is 1. The summed E-state index contributed by atoms with van der Waals surface area (Å²) in [6, 6.07) is 3.06. The molecule has 1 aliphatic rings. The van der Waals surface area contributed by atoms with Crippen molar-refractivity contribution >= 4 is 17.6 Å². The Morgan fingerprint density at radius 3 is 2.79 bits per heavy atom. The van der Waals surface area contributed by atoms with E-state index in [1.54, 1.807) is 6.07 Å². The highest BCUT2D eigenvalue weighted by molar-refractivity contribution is 5.93. The second-order valence-corrected chi connectivity index (χ2v) is 6.90. The lowest BCUT2D eigenvalue weighted by Crippen LogP contribution is -2.57. The number of rotatable bonds is 5. The summed E-state index contributed by atoms with van der Waals surface area (Å²) in [6.45, 7) is 4.29. The van der Waals surface area contributed by atoms with Crippen LogP contribution in [0.1, 0.15) is 43.6 Å². The number of nitrogens with zero attached hydrogens (tertiary/aromatic N) is 2. The highest BCUT2D eigenvalue weighted by Gasteiger charge is 2.49. The standard InChI is InChI=1S/C17H25N3O4/c1-11(2)3-6-17(16(23)24)10-20(8-5-14(17)21)15(22)13-9-12(18)4-7-19-13/h4,7,9,11,14,21H,3,5-6,8,10H2,1-2H3,(H2,18,19)(H,23,24)/t14-,17-/m1/s1. The molecule has 7 heteroatoms. The summed E-state index contributed by atoms with van der Waals surface area (Å²) in [5, 5.41) is 20.1. The quantitative estimate of drug-likeness (QED) is 0.748. The van der Waals surface area contributed by atoms with Crippen molar-refractivity contribution in [2.45, 2.75) is 39.2 Å². The lowest BCUT2D eigenvalue weighted by atomic mass is 9.72. The van der Waals surface area contributed by atoms with E-state index in [4.69, 9.17) is 5.73 Å². The van der Waals surface area contributed by atoms with Gasteiger partial charge in [0.25, 0.3) is 5.91 Å². The molecule has 132 valence electrons. The van der Waals surface area contributed by atoms with Gasteiger partial charge in [0.15, 0.2) is 0 Å². The molecule has 4 N–H and O–H groups in total. The number of pyridine rings is 1. The van der Waals surface area contributed by atoms with E-state index >= 15 is 0 Å². The van der Waals surface area contributed by atoms with E-state index in [0.29, 0.717) is 31.0 Å². The Bertz CT molecular complexity index is 620. The second-order valence-electron chi connectivity index (χ2n) is 6.90. The number of aliphatic hydroxyl groups is 1. The van der Waals surface area contributed by atoms with Crippen molar-refractivity contribution in [3.63, 3.8) is 0 Å². The van der Waals surface area contributed by atoms with Gasteiger partial charge in [-0.05, 0) is 37.3 Å². The van der Waals surface area contributed by atoms with E-state index in [2.05, 4.69) is 4.98 Å². The molecule has 2 atom stereocenters. The highest BCUT2D eigenvalue weighted by Crippen LogP contribution is 2.37. The molecular formula is C17H25N3O4. The monoisotopic (exact) mass is 335 g/mol. The number of carbonyl (C=O) groups excluding carboxylic acids is 1. The molecule has 0 aliphatic carbocycles. The number of nitrogen functional groups attached to an aromatic ring is 1. The number of likely N-dealkylation sites (tertiary alicyclic amines) is 1. The molecule has 24 heavy (non-hydrogen) atoms. The number of amides is 1. The van der Waals surface area contributed by atoms with Gasteiger partial charge in [0, 0.05) is 25.0 Å². The minimum Gasteiger partial charge on any atom is -0.481 e. The Labute approximate surface area is 141 Å².